The van der Waals surface area contributed by atoms with E-state index in [-0.39, 0.29) is 0 Å². The first-order valence-corrected chi connectivity index (χ1v) is 7.04. The Bertz CT molecular complexity index is 552. The number of hydrogen-bond donors (Lipinski definition) is 1. The van der Waals surface area contributed by atoms with Crippen molar-refractivity contribution in [3.05, 3.63) is 42.1 Å². The second-order valence-electron chi connectivity index (χ2n) is 5.57. The Morgan fingerprint density at radius 1 is 1.37 bits per heavy atom. The molecule has 1 aromatic carbocycles. The zero-order valence-electron chi connectivity index (χ0n) is 11.5. The predicted octanol–water partition coefficient (Wildman–Crippen LogP) is 1.93. The molecule has 1 saturated heterocycles. The molecule has 0 saturated carbocycles. The van der Waals surface area contributed by atoms with E-state index >= 15 is 0 Å². The number of likely N-dealkylation sites (N-methyl/N-ethyl adjacent to an activating group) is 1. The summed E-state index contributed by atoms with van der Waals surface area (Å²) in [4.78, 5) is 6.80. The van der Waals surface area contributed by atoms with Gasteiger partial charge in [-0.25, -0.2) is 0 Å². The second-order valence-corrected chi connectivity index (χ2v) is 5.57. The van der Waals surface area contributed by atoms with Crippen LogP contribution in [-0.4, -0.2) is 43.1 Å². The molecule has 1 N–H and O–H groups in total. The lowest BCUT2D eigenvalue weighted by atomic mass is 9.98. The molecule has 3 heteroatoms. The van der Waals surface area contributed by atoms with Crippen LogP contribution in [0.4, 0.5) is 0 Å². The first-order chi connectivity index (χ1) is 9.31. The van der Waals surface area contributed by atoms with E-state index in [0.717, 1.165) is 31.6 Å². The summed E-state index contributed by atoms with van der Waals surface area (Å²) in [6.07, 6.45) is 2.99. The normalized spacial score (nSPS) is 21.4. The molecule has 1 aliphatic heterocycles. The molecule has 1 aromatic heterocycles. The molecule has 19 heavy (non-hydrogen) atoms. The molecule has 3 rings (SSSR count). The van der Waals surface area contributed by atoms with Gasteiger partial charge in [0.05, 0.1) is 5.52 Å². The van der Waals surface area contributed by atoms with Crippen LogP contribution in [0.5, 0.6) is 0 Å². The third kappa shape index (κ3) is 3.11. The fraction of sp³-hybridized carbons (Fsp3) is 0.438. The average Bonchev–Trinajstić information content (AvgIpc) is 2.63. The van der Waals surface area contributed by atoms with Gasteiger partial charge in [0.2, 0.25) is 0 Å². The van der Waals surface area contributed by atoms with Gasteiger partial charge in [-0.2, -0.15) is 0 Å². The molecule has 0 amide bonds. The number of nitrogens with one attached hydrogen (secondary N) is 1. The molecule has 3 nitrogen and oxygen atoms in total. The molecule has 2 aromatic rings. The number of nitrogens with zero attached hydrogens (tertiary/aromatic N) is 2. The molecule has 1 unspecified atom stereocenters. The number of fused-ring (bicyclic) bond motifs is 1. The van der Waals surface area contributed by atoms with Crippen LogP contribution in [0.1, 0.15) is 5.56 Å². The minimum absolute atomic E-state index is 0.696. The van der Waals surface area contributed by atoms with Crippen molar-refractivity contribution in [1.82, 2.24) is 15.2 Å². The summed E-state index contributed by atoms with van der Waals surface area (Å²) in [7, 11) is 2.21. The number of benzene rings is 1. The standard InChI is InChI=1S/C16H21N3/c1-19-8-7-17-11-14(12-19)9-13-4-5-16-15(10-13)3-2-6-18-16/h2-6,10,14,17H,7-9,11-12H2,1H3. The number of aromatic nitrogens is 1. The Morgan fingerprint density at radius 3 is 3.26 bits per heavy atom. The highest BCUT2D eigenvalue weighted by Gasteiger charge is 2.15. The van der Waals surface area contributed by atoms with Gasteiger partial charge in [-0.05, 0) is 49.7 Å². The van der Waals surface area contributed by atoms with Crippen molar-refractivity contribution in [1.29, 1.82) is 0 Å². The molecule has 1 atom stereocenters. The lowest BCUT2D eigenvalue weighted by molar-refractivity contribution is 0.309. The largest absolute Gasteiger partial charge is 0.315 e. The molecule has 0 radical (unpaired) electrons. The van der Waals surface area contributed by atoms with Gasteiger partial charge >= 0.3 is 0 Å². The van der Waals surface area contributed by atoms with Crippen LogP contribution in [0.3, 0.4) is 0 Å². The van der Waals surface area contributed by atoms with Gasteiger partial charge < -0.3 is 10.2 Å². The summed E-state index contributed by atoms with van der Waals surface area (Å²) in [6, 6.07) is 10.8. The van der Waals surface area contributed by atoms with Crippen molar-refractivity contribution in [3.63, 3.8) is 0 Å². The second kappa shape index (κ2) is 5.68. The average molecular weight is 255 g/mol. The van der Waals surface area contributed by atoms with Gasteiger partial charge in [-0.15, -0.1) is 0 Å². The van der Waals surface area contributed by atoms with Crippen LogP contribution in [0.2, 0.25) is 0 Å². The van der Waals surface area contributed by atoms with Gasteiger partial charge in [0.15, 0.2) is 0 Å². The number of rotatable bonds is 2. The summed E-state index contributed by atoms with van der Waals surface area (Å²) in [5, 5.41) is 4.78. The molecule has 100 valence electrons. The number of hydrogen-bond acceptors (Lipinski definition) is 3. The third-order valence-corrected chi connectivity index (χ3v) is 3.86. The predicted molar refractivity (Wildman–Crippen MR) is 79.3 cm³/mol. The van der Waals surface area contributed by atoms with Crippen LogP contribution in [0.15, 0.2) is 36.5 Å². The molecular weight excluding hydrogens is 234 g/mol. The van der Waals surface area contributed by atoms with E-state index in [1.54, 1.807) is 0 Å². The lowest BCUT2D eigenvalue weighted by Gasteiger charge is -2.19. The first-order valence-electron chi connectivity index (χ1n) is 7.04. The van der Waals surface area contributed by atoms with Crippen molar-refractivity contribution >= 4 is 10.9 Å². The Hall–Kier alpha value is -1.45. The van der Waals surface area contributed by atoms with Crippen molar-refractivity contribution in [2.75, 3.05) is 33.2 Å². The Labute approximate surface area is 114 Å². The molecule has 1 aliphatic rings. The molecule has 0 aliphatic carbocycles. The monoisotopic (exact) mass is 255 g/mol. The van der Waals surface area contributed by atoms with E-state index in [9.17, 15) is 0 Å². The maximum atomic E-state index is 4.38. The highest BCUT2D eigenvalue weighted by atomic mass is 15.1. The topological polar surface area (TPSA) is 28.2 Å². The minimum Gasteiger partial charge on any atom is -0.315 e. The van der Waals surface area contributed by atoms with E-state index in [1.807, 2.05) is 12.3 Å². The summed E-state index contributed by atoms with van der Waals surface area (Å²) < 4.78 is 0. The van der Waals surface area contributed by atoms with E-state index in [0.29, 0.717) is 5.92 Å². The fourth-order valence-electron chi connectivity index (χ4n) is 2.89. The smallest absolute Gasteiger partial charge is 0.0702 e. The van der Waals surface area contributed by atoms with Crippen molar-refractivity contribution in [2.24, 2.45) is 5.92 Å². The first kappa shape index (κ1) is 12.6. The van der Waals surface area contributed by atoms with Crippen LogP contribution in [0, 0.1) is 5.92 Å². The van der Waals surface area contributed by atoms with Crippen LogP contribution in [-0.2, 0) is 6.42 Å². The molecule has 0 bridgehead atoms. The maximum Gasteiger partial charge on any atom is 0.0702 e. The van der Waals surface area contributed by atoms with E-state index in [2.05, 4.69) is 46.5 Å². The van der Waals surface area contributed by atoms with Gasteiger partial charge in [0.25, 0.3) is 0 Å². The minimum atomic E-state index is 0.696. The number of pyridine rings is 1. The third-order valence-electron chi connectivity index (χ3n) is 3.86. The van der Waals surface area contributed by atoms with Gasteiger partial charge in [-0.1, -0.05) is 12.1 Å². The zero-order valence-corrected chi connectivity index (χ0v) is 11.5. The van der Waals surface area contributed by atoms with E-state index < -0.39 is 0 Å². The van der Waals surface area contributed by atoms with Crippen LogP contribution < -0.4 is 5.32 Å². The summed E-state index contributed by atoms with van der Waals surface area (Å²) in [6.45, 7) is 4.56. The fourth-order valence-corrected chi connectivity index (χ4v) is 2.89. The van der Waals surface area contributed by atoms with Crippen molar-refractivity contribution in [2.45, 2.75) is 6.42 Å². The molecular formula is C16H21N3. The molecule has 2 heterocycles. The Kier molecular flexibility index (Phi) is 3.76. The zero-order chi connectivity index (χ0) is 13.1. The van der Waals surface area contributed by atoms with Crippen molar-refractivity contribution in [3.8, 4) is 0 Å². The lowest BCUT2D eigenvalue weighted by Crippen LogP contribution is -2.27. The summed E-state index contributed by atoms with van der Waals surface area (Å²) in [5.74, 6) is 0.696. The highest BCUT2D eigenvalue weighted by Crippen LogP contribution is 2.17. The summed E-state index contributed by atoms with van der Waals surface area (Å²) in [5.41, 5.74) is 2.50. The van der Waals surface area contributed by atoms with Gasteiger partial charge in [0.1, 0.15) is 0 Å². The SMILES string of the molecule is CN1CCNCC(Cc2ccc3ncccc3c2)C1. The quantitative estimate of drug-likeness (QED) is 0.889. The maximum absolute atomic E-state index is 4.38. The summed E-state index contributed by atoms with van der Waals surface area (Å²) >= 11 is 0. The van der Waals surface area contributed by atoms with Crippen LogP contribution >= 0.6 is 0 Å². The van der Waals surface area contributed by atoms with Gasteiger partial charge in [-0.3, -0.25) is 4.98 Å². The highest BCUT2D eigenvalue weighted by molar-refractivity contribution is 5.78. The van der Waals surface area contributed by atoms with E-state index in [4.69, 9.17) is 0 Å². The molecule has 1 fully saturated rings. The van der Waals surface area contributed by atoms with Crippen molar-refractivity contribution < 1.29 is 0 Å². The van der Waals surface area contributed by atoms with Gasteiger partial charge in [0, 0.05) is 31.2 Å². The van der Waals surface area contributed by atoms with Crippen LogP contribution in [0.25, 0.3) is 10.9 Å². The Balaban J connectivity index is 1.76. The molecule has 0 spiro atoms. The Morgan fingerprint density at radius 2 is 2.32 bits per heavy atom. The van der Waals surface area contributed by atoms with E-state index in [1.165, 1.54) is 17.5 Å².